The Labute approximate surface area is 106 Å². The average molecular weight is 244 g/mol. The predicted octanol–water partition coefficient (Wildman–Crippen LogP) is 2.13. The summed E-state index contributed by atoms with van der Waals surface area (Å²) in [5, 5.41) is 19.3. The van der Waals surface area contributed by atoms with Gasteiger partial charge < -0.3 is 10.2 Å². The largest absolute Gasteiger partial charge is 0.479 e. The van der Waals surface area contributed by atoms with Gasteiger partial charge in [-0.1, -0.05) is 61.6 Å². The molecule has 1 aliphatic carbocycles. The van der Waals surface area contributed by atoms with Gasteiger partial charge in [-0.25, -0.2) is 4.79 Å². The Morgan fingerprint density at radius 3 is 2.50 bits per heavy atom. The van der Waals surface area contributed by atoms with Crippen molar-refractivity contribution in [3.8, 4) is 0 Å². The summed E-state index contributed by atoms with van der Waals surface area (Å²) in [5.74, 6) is -1.29. The van der Waals surface area contributed by atoms with Crippen LogP contribution in [0.15, 0.2) is 54.6 Å². The summed E-state index contributed by atoms with van der Waals surface area (Å²) in [6.07, 6.45) is 5.90. The highest BCUT2D eigenvalue weighted by molar-refractivity contribution is 5.76. The molecule has 18 heavy (non-hydrogen) atoms. The summed E-state index contributed by atoms with van der Waals surface area (Å²) in [5.41, 5.74) is -0.0880. The van der Waals surface area contributed by atoms with Crippen LogP contribution in [-0.2, 0) is 10.2 Å². The van der Waals surface area contributed by atoms with E-state index >= 15 is 0 Å². The first kappa shape index (κ1) is 12.6. The maximum atomic E-state index is 11.2. The molecule has 94 valence electrons. The molecule has 3 nitrogen and oxygen atoms in total. The Morgan fingerprint density at radius 1 is 1.28 bits per heavy atom. The van der Waals surface area contributed by atoms with E-state index in [9.17, 15) is 15.0 Å². The first-order chi connectivity index (χ1) is 8.59. The minimum Gasteiger partial charge on any atom is -0.479 e. The number of aliphatic hydroxyl groups is 1. The van der Waals surface area contributed by atoms with Gasteiger partial charge in [0, 0.05) is 0 Å². The van der Waals surface area contributed by atoms with Crippen LogP contribution >= 0.6 is 0 Å². The van der Waals surface area contributed by atoms with Crippen LogP contribution in [0.1, 0.15) is 12.5 Å². The highest BCUT2D eigenvalue weighted by atomic mass is 16.4. The molecule has 0 saturated carbocycles. The lowest BCUT2D eigenvalue weighted by atomic mass is 9.65. The third-order valence-corrected chi connectivity index (χ3v) is 3.60. The monoisotopic (exact) mass is 244 g/mol. The number of hydrogen-bond acceptors (Lipinski definition) is 2. The molecule has 0 saturated heterocycles. The van der Waals surface area contributed by atoms with Crippen LogP contribution < -0.4 is 0 Å². The predicted molar refractivity (Wildman–Crippen MR) is 69.2 cm³/mol. The van der Waals surface area contributed by atoms with Crippen LogP contribution in [0.4, 0.5) is 0 Å². The Bertz CT molecular complexity index is 490. The van der Waals surface area contributed by atoms with E-state index in [4.69, 9.17) is 0 Å². The lowest BCUT2D eigenvalue weighted by Crippen LogP contribution is -2.48. The molecule has 2 rings (SSSR count). The van der Waals surface area contributed by atoms with Crippen LogP contribution in [-0.4, -0.2) is 22.3 Å². The van der Waals surface area contributed by atoms with Gasteiger partial charge in [-0.3, -0.25) is 0 Å². The lowest BCUT2D eigenvalue weighted by Gasteiger charge is -2.39. The van der Waals surface area contributed by atoms with E-state index < -0.39 is 17.5 Å². The van der Waals surface area contributed by atoms with Gasteiger partial charge in [-0.2, -0.15) is 0 Å². The maximum Gasteiger partial charge on any atom is 0.333 e. The zero-order valence-corrected chi connectivity index (χ0v) is 10.2. The van der Waals surface area contributed by atoms with Crippen LogP contribution in [0.25, 0.3) is 0 Å². The van der Waals surface area contributed by atoms with Crippen molar-refractivity contribution in [2.45, 2.75) is 18.4 Å². The van der Waals surface area contributed by atoms with Crippen LogP contribution in [0.2, 0.25) is 0 Å². The topological polar surface area (TPSA) is 57.5 Å². The molecular weight excluding hydrogens is 228 g/mol. The molecule has 0 aromatic heterocycles. The molecule has 0 radical (unpaired) electrons. The van der Waals surface area contributed by atoms with Gasteiger partial charge in [-0.05, 0) is 11.5 Å². The quantitative estimate of drug-likeness (QED) is 0.856. The maximum absolute atomic E-state index is 11.2. The number of carbonyl (C=O) groups is 1. The van der Waals surface area contributed by atoms with Crippen LogP contribution in [0.3, 0.4) is 0 Å². The third-order valence-electron chi connectivity index (χ3n) is 3.60. The molecule has 0 amide bonds. The van der Waals surface area contributed by atoms with Crippen molar-refractivity contribution in [3.05, 3.63) is 60.2 Å². The number of aliphatic hydroxyl groups excluding tert-OH is 1. The Kier molecular flexibility index (Phi) is 3.34. The fraction of sp³-hybridized carbons (Fsp3) is 0.267. The first-order valence-corrected chi connectivity index (χ1v) is 5.91. The van der Waals surface area contributed by atoms with Crippen LogP contribution in [0, 0.1) is 5.92 Å². The summed E-state index contributed by atoms with van der Waals surface area (Å²) in [7, 11) is 0. The molecule has 2 N–H and O–H groups in total. The van der Waals surface area contributed by atoms with E-state index in [1.165, 1.54) is 0 Å². The van der Waals surface area contributed by atoms with Crippen molar-refractivity contribution < 1.29 is 15.0 Å². The van der Waals surface area contributed by atoms with E-state index in [2.05, 4.69) is 0 Å². The molecule has 1 aromatic rings. The molecule has 3 atom stereocenters. The van der Waals surface area contributed by atoms with Crippen molar-refractivity contribution in [3.63, 3.8) is 0 Å². The SMILES string of the molecule is CC1C=CC=CC1(c1ccccc1)C(O)C(=O)O. The van der Waals surface area contributed by atoms with Crippen molar-refractivity contribution in [2.24, 2.45) is 5.92 Å². The van der Waals surface area contributed by atoms with Crippen molar-refractivity contribution in [1.29, 1.82) is 0 Å². The number of hydrogen-bond donors (Lipinski definition) is 2. The molecular formula is C15H16O3. The van der Waals surface area contributed by atoms with Crippen molar-refractivity contribution in [1.82, 2.24) is 0 Å². The van der Waals surface area contributed by atoms with Crippen molar-refractivity contribution in [2.75, 3.05) is 0 Å². The normalized spacial score (nSPS) is 28.0. The molecule has 3 unspecified atom stereocenters. The number of rotatable bonds is 3. The number of allylic oxidation sites excluding steroid dienone is 3. The third kappa shape index (κ3) is 1.87. The molecule has 1 aliphatic rings. The second-order valence-electron chi connectivity index (χ2n) is 4.57. The summed E-state index contributed by atoms with van der Waals surface area (Å²) in [6.45, 7) is 1.92. The highest BCUT2D eigenvalue weighted by Gasteiger charge is 2.45. The Hall–Kier alpha value is -1.87. The number of aliphatic carboxylic acids is 1. The Balaban J connectivity index is 2.57. The van der Waals surface area contributed by atoms with Gasteiger partial charge in [0.05, 0.1) is 5.41 Å². The standard InChI is InChI=1S/C15H16O3/c1-11-7-5-6-10-15(11,13(16)14(17)18)12-8-3-2-4-9-12/h2-11,13,16H,1H3,(H,17,18). The van der Waals surface area contributed by atoms with E-state index in [1.807, 2.05) is 49.4 Å². The number of carboxylic acid groups (broad SMARTS) is 1. The average Bonchev–Trinajstić information content (AvgIpc) is 2.39. The number of benzene rings is 1. The molecule has 0 heterocycles. The summed E-state index contributed by atoms with van der Waals surface area (Å²) in [6, 6.07) is 9.28. The zero-order valence-electron chi connectivity index (χ0n) is 10.2. The van der Waals surface area contributed by atoms with E-state index in [-0.39, 0.29) is 5.92 Å². The highest BCUT2D eigenvalue weighted by Crippen LogP contribution is 2.40. The Morgan fingerprint density at radius 2 is 1.94 bits per heavy atom. The van der Waals surface area contributed by atoms with E-state index in [0.29, 0.717) is 0 Å². The fourth-order valence-electron chi connectivity index (χ4n) is 2.54. The molecule has 0 spiro atoms. The lowest BCUT2D eigenvalue weighted by molar-refractivity contribution is -0.150. The molecule has 0 bridgehead atoms. The summed E-state index contributed by atoms with van der Waals surface area (Å²) in [4.78, 5) is 11.2. The molecule has 0 aliphatic heterocycles. The molecule has 3 heteroatoms. The minimum absolute atomic E-state index is 0.0870. The molecule has 1 aromatic carbocycles. The van der Waals surface area contributed by atoms with Gasteiger partial charge in [0.15, 0.2) is 6.10 Å². The van der Waals surface area contributed by atoms with Gasteiger partial charge in [0.2, 0.25) is 0 Å². The summed E-state index contributed by atoms with van der Waals surface area (Å²) < 4.78 is 0. The van der Waals surface area contributed by atoms with Gasteiger partial charge in [-0.15, -0.1) is 0 Å². The second kappa shape index (κ2) is 4.78. The number of carboxylic acids is 1. The fourth-order valence-corrected chi connectivity index (χ4v) is 2.54. The van der Waals surface area contributed by atoms with E-state index in [0.717, 1.165) is 5.56 Å². The van der Waals surface area contributed by atoms with Gasteiger partial charge >= 0.3 is 5.97 Å². The summed E-state index contributed by atoms with van der Waals surface area (Å²) >= 11 is 0. The van der Waals surface area contributed by atoms with Gasteiger partial charge in [0.1, 0.15) is 0 Å². The second-order valence-corrected chi connectivity index (χ2v) is 4.57. The first-order valence-electron chi connectivity index (χ1n) is 5.91. The minimum atomic E-state index is -1.46. The van der Waals surface area contributed by atoms with Crippen molar-refractivity contribution >= 4 is 5.97 Å². The van der Waals surface area contributed by atoms with Crippen LogP contribution in [0.5, 0.6) is 0 Å². The zero-order chi connectivity index (χ0) is 13.2. The smallest absolute Gasteiger partial charge is 0.333 e. The van der Waals surface area contributed by atoms with E-state index in [1.54, 1.807) is 12.2 Å². The van der Waals surface area contributed by atoms with Gasteiger partial charge in [0.25, 0.3) is 0 Å². The molecule has 0 fully saturated rings.